The summed E-state index contributed by atoms with van der Waals surface area (Å²) in [4.78, 5) is 36.5. The van der Waals surface area contributed by atoms with E-state index < -0.39 is 29.2 Å². The molecule has 1 aromatic carbocycles. The van der Waals surface area contributed by atoms with Gasteiger partial charge in [-0.05, 0) is 60.1 Å². The third-order valence-electron chi connectivity index (χ3n) is 4.12. The summed E-state index contributed by atoms with van der Waals surface area (Å²) in [7, 11) is 1.37. The molecule has 0 fully saturated rings. The molecule has 0 spiro atoms. The van der Waals surface area contributed by atoms with Gasteiger partial charge in [-0.2, -0.15) is 0 Å². The lowest BCUT2D eigenvalue weighted by Crippen LogP contribution is -2.32. The summed E-state index contributed by atoms with van der Waals surface area (Å²) in [5.41, 5.74) is -0.559. The molecule has 0 saturated heterocycles. The molecule has 2 rings (SSSR count). The van der Waals surface area contributed by atoms with Crippen LogP contribution in [0, 0.1) is 10.8 Å². The molecule has 1 atom stereocenters. The number of nitroso groups, excluding NO2 is 1. The summed E-state index contributed by atoms with van der Waals surface area (Å²) < 4.78 is 24.4. The molecule has 1 aliphatic rings. The number of hydrogen-bond acceptors (Lipinski definition) is 6. The fourth-order valence-electron chi connectivity index (χ4n) is 2.85. The number of alkyl carbamates (subject to hydrolysis) is 1. The van der Waals surface area contributed by atoms with E-state index in [1.54, 1.807) is 20.8 Å². The van der Waals surface area contributed by atoms with Crippen molar-refractivity contribution >= 4 is 45.1 Å². The van der Waals surface area contributed by atoms with Crippen LogP contribution in [-0.2, 0) is 11.3 Å². The average Bonchev–Trinajstić information content (AvgIpc) is 2.65. The Morgan fingerprint density at radius 1 is 1.37 bits per heavy atom. The SMILES string of the molecule is COc1c(CNC(=O)OC(C)(C)C)cc(N=O)c(C(=O)C2CC(F)=CC=C2Cl)c1Br. The number of benzene rings is 1. The number of carbonyl (C=O) groups is 2. The van der Waals surface area contributed by atoms with Gasteiger partial charge in [-0.15, -0.1) is 4.91 Å². The Labute approximate surface area is 186 Å². The van der Waals surface area contributed by atoms with Crippen LogP contribution in [0.15, 0.2) is 38.7 Å². The second kappa shape index (κ2) is 9.70. The molecular formula is C20H21BrClFN2O5. The van der Waals surface area contributed by atoms with Gasteiger partial charge in [-0.1, -0.05) is 11.6 Å². The van der Waals surface area contributed by atoms with Gasteiger partial charge >= 0.3 is 6.09 Å². The molecule has 10 heteroatoms. The first-order valence-corrected chi connectivity index (χ1v) is 10.1. The first-order valence-electron chi connectivity index (χ1n) is 8.94. The van der Waals surface area contributed by atoms with Gasteiger partial charge in [0, 0.05) is 23.6 Å². The fourth-order valence-corrected chi connectivity index (χ4v) is 3.90. The summed E-state index contributed by atoms with van der Waals surface area (Å²) in [5.74, 6) is -1.84. The van der Waals surface area contributed by atoms with Crippen molar-refractivity contribution in [1.29, 1.82) is 0 Å². The Hall–Kier alpha value is -2.26. The zero-order valence-electron chi connectivity index (χ0n) is 16.8. The minimum atomic E-state index is -0.982. The quantitative estimate of drug-likeness (QED) is 0.376. The van der Waals surface area contributed by atoms with Gasteiger partial charge < -0.3 is 14.8 Å². The van der Waals surface area contributed by atoms with E-state index in [4.69, 9.17) is 21.1 Å². The second-order valence-electron chi connectivity index (χ2n) is 7.51. The monoisotopic (exact) mass is 502 g/mol. The molecule has 1 aliphatic carbocycles. The number of hydrogen-bond donors (Lipinski definition) is 1. The van der Waals surface area contributed by atoms with Gasteiger partial charge in [-0.25, -0.2) is 9.18 Å². The molecule has 162 valence electrons. The van der Waals surface area contributed by atoms with Crippen molar-refractivity contribution in [3.63, 3.8) is 0 Å². The van der Waals surface area contributed by atoms with Gasteiger partial charge in [0.1, 0.15) is 22.9 Å². The van der Waals surface area contributed by atoms with Crippen LogP contribution in [0.4, 0.5) is 14.9 Å². The maximum absolute atomic E-state index is 13.7. The van der Waals surface area contributed by atoms with Crippen LogP contribution >= 0.6 is 27.5 Å². The molecule has 1 aromatic rings. The normalized spacial score (nSPS) is 16.3. The molecule has 1 unspecified atom stereocenters. The van der Waals surface area contributed by atoms with E-state index in [9.17, 15) is 18.9 Å². The lowest BCUT2D eigenvalue weighted by atomic mass is 9.89. The number of methoxy groups -OCH3 is 1. The van der Waals surface area contributed by atoms with Crippen molar-refractivity contribution < 1.29 is 23.5 Å². The van der Waals surface area contributed by atoms with Gasteiger partial charge in [0.25, 0.3) is 0 Å². The van der Waals surface area contributed by atoms with Gasteiger partial charge in [0.05, 0.1) is 23.1 Å². The molecule has 30 heavy (non-hydrogen) atoms. The standard InChI is InChI=1S/C20H21BrClFN2O5/c1-20(2,3)30-19(27)24-9-10-7-14(25-28)15(16(21)18(10)29-4)17(26)12-8-11(23)5-6-13(12)22/h5-7,12H,8-9H2,1-4H3,(H,24,27). The molecule has 0 heterocycles. The summed E-state index contributed by atoms with van der Waals surface area (Å²) in [6.45, 7) is 5.12. The maximum atomic E-state index is 13.7. The molecule has 0 aromatic heterocycles. The zero-order chi connectivity index (χ0) is 22.6. The third kappa shape index (κ3) is 5.66. The van der Waals surface area contributed by atoms with Crippen LogP contribution in [0.5, 0.6) is 5.75 Å². The number of ketones is 1. The van der Waals surface area contributed by atoms with Crippen LogP contribution in [0.3, 0.4) is 0 Å². The van der Waals surface area contributed by atoms with Crippen molar-refractivity contribution in [3.8, 4) is 5.75 Å². The molecule has 0 aliphatic heterocycles. The Kier molecular flexibility index (Phi) is 7.76. The number of amides is 1. The smallest absolute Gasteiger partial charge is 0.407 e. The first-order chi connectivity index (χ1) is 14.0. The number of nitrogens with zero attached hydrogens (tertiary/aromatic N) is 1. The maximum Gasteiger partial charge on any atom is 0.407 e. The van der Waals surface area contributed by atoms with Crippen molar-refractivity contribution in [2.75, 3.05) is 7.11 Å². The molecule has 1 N–H and O–H groups in total. The average molecular weight is 504 g/mol. The Morgan fingerprint density at radius 3 is 2.60 bits per heavy atom. The lowest BCUT2D eigenvalue weighted by molar-refractivity contribution is 0.0523. The molecular weight excluding hydrogens is 483 g/mol. The minimum Gasteiger partial charge on any atom is -0.495 e. The number of halogens is 3. The number of rotatable bonds is 6. The lowest BCUT2D eigenvalue weighted by Gasteiger charge is -2.22. The van der Waals surface area contributed by atoms with Crippen LogP contribution < -0.4 is 10.1 Å². The van der Waals surface area contributed by atoms with Crippen molar-refractivity contribution in [2.24, 2.45) is 11.1 Å². The first kappa shape index (κ1) is 24.0. The summed E-state index contributed by atoms with van der Waals surface area (Å²) in [6.07, 6.45) is 1.61. The number of nitrogens with one attached hydrogen (secondary N) is 1. The molecule has 0 radical (unpaired) electrons. The highest BCUT2D eigenvalue weighted by Gasteiger charge is 2.32. The summed E-state index contributed by atoms with van der Waals surface area (Å²) in [6, 6.07) is 1.33. The van der Waals surface area contributed by atoms with E-state index in [2.05, 4.69) is 26.4 Å². The van der Waals surface area contributed by atoms with Crippen molar-refractivity contribution in [1.82, 2.24) is 5.32 Å². The van der Waals surface area contributed by atoms with Gasteiger partial charge in [0.2, 0.25) is 0 Å². The Morgan fingerprint density at radius 2 is 2.03 bits per heavy atom. The summed E-state index contributed by atoms with van der Waals surface area (Å²) >= 11 is 9.38. The predicted octanol–water partition coefficient (Wildman–Crippen LogP) is 6.06. The molecule has 7 nitrogen and oxygen atoms in total. The van der Waals surface area contributed by atoms with E-state index in [-0.39, 0.29) is 39.5 Å². The summed E-state index contributed by atoms with van der Waals surface area (Å²) in [5, 5.41) is 5.65. The number of ether oxygens (including phenoxy) is 2. The zero-order valence-corrected chi connectivity index (χ0v) is 19.2. The predicted molar refractivity (Wildman–Crippen MR) is 115 cm³/mol. The van der Waals surface area contributed by atoms with Crippen LogP contribution in [0.2, 0.25) is 0 Å². The topological polar surface area (TPSA) is 94.1 Å². The second-order valence-corrected chi connectivity index (χ2v) is 8.74. The van der Waals surface area contributed by atoms with Gasteiger partial charge in [0.15, 0.2) is 5.78 Å². The van der Waals surface area contributed by atoms with Crippen LogP contribution in [0.1, 0.15) is 43.1 Å². The highest BCUT2D eigenvalue weighted by molar-refractivity contribution is 9.10. The molecule has 0 saturated carbocycles. The Balaban J connectivity index is 2.39. The van der Waals surface area contributed by atoms with E-state index in [1.165, 1.54) is 25.3 Å². The third-order valence-corrected chi connectivity index (χ3v) is 5.27. The number of carbonyl (C=O) groups excluding carboxylic acids is 2. The van der Waals surface area contributed by atoms with Crippen molar-refractivity contribution in [3.05, 3.63) is 49.6 Å². The van der Waals surface area contributed by atoms with Gasteiger partial charge in [-0.3, -0.25) is 4.79 Å². The minimum absolute atomic E-state index is 0.0465. The van der Waals surface area contributed by atoms with E-state index >= 15 is 0 Å². The Bertz CT molecular complexity index is 940. The van der Waals surface area contributed by atoms with E-state index in [1.807, 2.05) is 0 Å². The van der Waals surface area contributed by atoms with Crippen LogP contribution in [-0.4, -0.2) is 24.6 Å². The van der Waals surface area contributed by atoms with E-state index in [0.717, 1.165) is 0 Å². The number of Topliss-reactive ketones (excluding diaryl/α,β-unsaturated/α-hetero) is 1. The molecule has 0 bridgehead atoms. The van der Waals surface area contributed by atoms with Crippen LogP contribution in [0.25, 0.3) is 0 Å². The molecule has 1 amide bonds. The number of allylic oxidation sites excluding steroid dienone is 4. The highest BCUT2D eigenvalue weighted by Crippen LogP contribution is 2.42. The fraction of sp³-hybridized carbons (Fsp3) is 0.400. The van der Waals surface area contributed by atoms with Crippen molar-refractivity contribution in [2.45, 2.75) is 39.3 Å². The largest absolute Gasteiger partial charge is 0.495 e. The van der Waals surface area contributed by atoms with E-state index in [0.29, 0.717) is 5.56 Å². The highest BCUT2D eigenvalue weighted by atomic mass is 79.9.